The number of rotatable bonds is 7. The Morgan fingerprint density at radius 3 is 2.63 bits per heavy atom. The third kappa shape index (κ3) is 4.71. The van der Waals surface area contributed by atoms with E-state index in [4.69, 9.17) is 5.73 Å². The lowest BCUT2D eigenvalue weighted by atomic mass is 10.2. The highest BCUT2D eigenvalue weighted by Crippen LogP contribution is 2.14. The van der Waals surface area contributed by atoms with Crippen LogP contribution >= 0.6 is 0 Å². The first kappa shape index (κ1) is 16.3. The molecule has 2 atom stereocenters. The molecule has 108 valence electrons. The van der Waals surface area contributed by atoms with Gasteiger partial charge in [0.2, 0.25) is 0 Å². The van der Waals surface area contributed by atoms with Gasteiger partial charge in [-0.25, -0.2) is 8.42 Å². The quantitative estimate of drug-likeness (QED) is 0.827. The van der Waals surface area contributed by atoms with Crippen LogP contribution in [-0.2, 0) is 27.2 Å². The van der Waals surface area contributed by atoms with Gasteiger partial charge >= 0.3 is 0 Å². The van der Waals surface area contributed by atoms with Crippen LogP contribution in [-0.4, -0.2) is 29.4 Å². The smallest absolute Gasteiger partial charge is 0.179 e. The van der Waals surface area contributed by atoms with Crippen molar-refractivity contribution in [2.75, 3.05) is 11.5 Å². The lowest BCUT2D eigenvalue weighted by Gasteiger charge is -2.09. The summed E-state index contributed by atoms with van der Waals surface area (Å²) < 4.78 is 36.1. The molecule has 0 heterocycles. The third-order valence-corrected chi connectivity index (χ3v) is 6.88. The van der Waals surface area contributed by atoms with E-state index >= 15 is 0 Å². The highest BCUT2D eigenvalue weighted by Gasteiger charge is 2.18. The van der Waals surface area contributed by atoms with E-state index in [9.17, 15) is 12.6 Å². The van der Waals surface area contributed by atoms with Gasteiger partial charge < -0.3 is 5.73 Å². The molecule has 6 heteroatoms. The molecular weight excluding hydrogens is 282 g/mol. The molecule has 2 N–H and O–H groups in total. The molecule has 1 aromatic carbocycles. The van der Waals surface area contributed by atoms with Crippen LogP contribution < -0.4 is 5.73 Å². The maximum Gasteiger partial charge on any atom is 0.179 e. The minimum Gasteiger partial charge on any atom is -0.326 e. The van der Waals surface area contributed by atoms with E-state index in [0.29, 0.717) is 6.54 Å². The zero-order chi connectivity index (χ0) is 14.5. The maximum atomic E-state index is 12.1. The van der Waals surface area contributed by atoms with Gasteiger partial charge in [-0.15, -0.1) is 0 Å². The van der Waals surface area contributed by atoms with E-state index in [-0.39, 0.29) is 21.7 Å². The van der Waals surface area contributed by atoms with Gasteiger partial charge in [0.1, 0.15) is 0 Å². The molecule has 2 unspecified atom stereocenters. The summed E-state index contributed by atoms with van der Waals surface area (Å²) in [5.41, 5.74) is 6.28. The van der Waals surface area contributed by atoms with E-state index in [1.165, 1.54) is 0 Å². The summed E-state index contributed by atoms with van der Waals surface area (Å²) in [6, 6.07) is 6.61. The summed E-state index contributed by atoms with van der Waals surface area (Å²) in [5, 5.41) is 0.0329. The third-order valence-electron chi connectivity index (χ3n) is 3.07. The molecule has 1 aromatic rings. The Kier molecular flexibility index (Phi) is 6.16. The van der Waals surface area contributed by atoms with E-state index in [2.05, 4.69) is 0 Å². The Bertz CT molecular complexity index is 541. The van der Waals surface area contributed by atoms with Gasteiger partial charge in [-0.2, -0.15) is 0 Å². The largest absolute Gasteiger partial charge is 0.326 e. The van der Waals surface area contributed by atoms with Crippen molar-refractivity contribution >= 4 is 20.6 Å². The molecule has 0 bridgehead atoms. The summed E-state index contributed by atoms with van der Waals surface area (Å²) in [4.78, 5) is 0.261. The SMILES string of the molecule is CCC(C)S(=O)CCS(=O)(=O)c1cccc(CN)c1. The number of benzene rings is 1. The molecule has 1 rings (SSSR count). The summed E-state index contributed by atoms with van der Waals surface area (Å²) in [6.45, 7) is 4.13. The van der Waals surface area contributed by atoms with Crippen molar-refractivity contribution in [2.24, 2.45) is 5.73 Å². The predicted molar refractivity (Wildman–Crippen MR) is 79.1 cm³/mol. The van der Waals surface area contributed by atoms with Crippen LogP contribution in [0.4, 0.5) is 0 Å². The molecular formula is C13H21NO3S2. The Morgan fingerprint density at radius 2 is 2.05 bits per heavy atom. The first-order valence-electron chi connectivity index (χ1n) is 6.29. The van der Waals surface area contributed by atoms with Gasteiger partial charge in [-0.05, 0) is 24.1 Å². The topological polar surface area (TPSA) is 77.2 Å². The van der Waals surface area contributed by atoms with Gasteiger partial charge in [0, 0.05) is 28.3 Å². The molecule has 0 amide bonds. The predicted octanol–water partition coefficient (Wildman–Crippen LogP) is 1.47. The fourth-order valence-corrected chi connectivity index (χ4v) is 4.72. The van der Waals surface area contributed by atoms with Crippen molar-refractivity contribution in [3.8, 4) is 0 Å². The van der Waals surface area contributed by atoms with Crippen LogP contribution in [0.3, 0.4) is 0 Å². The highest BCUT2D eigenvalue weighted by molar-refractivity contribution is 7.93. The second kappa shape index (κ2) is 7.17. The molecule has 0 aliphatic carbocycles. The lowest BCUT2D eigenvalue weighted by molar-refractivity contribution is 0.596. The van der Waals surface area contributed by atoms with Crippen LogP contribution in [0.5, 0.6) is 0 Å². The van der Waals surface area contributed by atoms with Crippen molar-refractivity contribution in [3.63, 3.8) is 0 Å². The van der Waals surface area contributed by atoms with Gasteiger partial charge in [0.25, 0.3) is 0 Å². The normalized spacial score (nSPS) is 15.1. The molecule has 0 radical (unpaired) electrons. The van der Waals surface area contributed by atoms with Crippen LogP contribution in [0.25, 0.3) is 0 Å². The Labute approximate surface area is 117 Å². The number of hydrogen-bond donors (Lipinski definition) is 1. The van der Waals surface area contributed by atoms with E-state index in [1.807, 2.05) is 13.8 Å². The minimum atomic E-state index is -3.38. The van der Waals surface area contributed by atoms with Crippen molar-refractivity contribution in [3.05, 3.63) is 29.8 Å². The Balaban J connectivity index is 2.78. The molecule has 0 fully saturated rings. The minimum absolute atomic E-state index is 0.0329. The second-order valence-corrected chi connectivity index (χ2v) is 8.56. The molecule has 19 heavy (non-hydrogen) atoms. The van der Waals surface area contributed by atoms with E-state index in [0.717, 1.165) is 12.0 Å². The van der Waals surface area contributed by atoms with Crippen LogP contribution in [0.2, 0.25) is 0 Å². The average Bonchev–Trinajstić information content (AvgIpc) is 2.43. The van der Waals surface area contributed by atoms with Gasteiger partial charge in [0.05, 0.1) is 10.6 Å². The van der Waals surface area contributed by atoms with Gasteiger partial charge in [0.15, 0.2) is 9.84 Å². The van der Waals surface area contributed by atoms with Gasteiger partial charge in [-0.1, -0.05) is 26.0 Å². The first-order chi connectivity index (χ1) is 8.90. The van der Waals surface area contributed by atoms with E-state index in [1.54, 1.807) is 24.3 Å². The highest BCUT2D eigenvalue weighted by atomic mass is 32.2. The molecule has 4 nitrogen and oxygen atoms in total. The molecule has 0 aliphatic heterocycles. The molecule has 0 aliphatic rings. The van der Waals surface area contributed by atoms with Crippen LogP contribution in [0, 0.1) is 0 Å². The van der Waals surface area contributed by atoms with Crippen molar-refractivity contribution in [1.82, 2.24) is 0 Å². The number of hydrogen-bond acceptors (Lipinski definition) is 4. The Morgan fingerprint density at radius 1 is 1.37 bits per heavy atom. The zero-order valence-corrected chi connectivity index (χ0v) is 13.0. The summed E-state index contributed by atoms with van der Waals surface area (Å²) in [5.74, 6) is 0.0994. The molecule has 0 spiro atoms. The molecule has 0 saturated carbocycles. The van der Waals surface area contributed by atoms with Crippen molar-refractivity contribution < 1.29 is 12.6 Å². The summed E-state index contributed by atoms with van der Waals surface area (Å²) in [7, 11) is -4.47. The first-order valence-corrected chi connectivity index (χ1v) is 9.33. The van der Waals surface area contributed by atoms with E-state index < -0.39 is 20.6 Å². The fraction of sp³-hybridized carbons (Fsp3) is 0.538. The lowest BCUT2D eigenvalue weighted by Crippen LogP contribution is -2.20. The zero-order valence-electron chi connectivity index (χ0n) is 11.3. The number of sulfone groups is 1. The van der Waals surface area contributed by atoms with Crippen molar-refractivity contribution in [1.29, 1.82) is 0 Å². The van der Waals surface area contributed by atoms with Crippen LogP contribution in [0.15, 0.2) is 29.2 Å². The molecule has 0 aromatic heterocycles. The molecule has 0 saturated heterocycles. The standard InChI is InChI=1S/C13H21NO3S2/c1-3-11(2)18(15)7-8-19(16,17)13-6-4-5-12(9-13)10-14/h4-6,9,11H,3,7-8,10,14H2,1-2H3. The van der Waals surface area contributed by atoms with Crippen molar-refractivity contribution in [2.45, 2.75) is 37.0 Å². The maximum absolute atomic E-state index is 12.1. The Hall–Kier alpha value is -0.720. The number of nitrogens with two attached hydrogens (primary N) is 1. The monoisotopic (exact) mass is 303 g/mol. The summed E-state index contributed by atoms with van der Waals surface area (Å²) >= 11 is 0. The summed E-state index contributed by atoms with van der Waals surface area (Å²) in [6.07, 6.45) is 0.787. The fourth-order valence-electron chi connectivity index (χ4n) is 1.56. The van der Waals surface area contributed by atoms with Crippen LogP contribution in [0.1, 0.15) is 25.8 Å². The average molecular weight is 303 g/mol. The second-order valence-electron chi connectivity index (χ2n) is 4.47. The van der Waals surface area contributed by atoms with Gasteiger partial charge in [-0.3, -0.25) is 4.21 Å².